The molecule has 2 unspecified atom stereocenters. The summed E-state index contributed by atoms with van der Waals surface area (Å²) in [5.74, 6) is -2.90. The quantitative estimate of drug-likeness (QED) is 0.818. The number of aromatic carboxylic acids is 1. The maximum Gasteiger partial charge on any atom is 0.371 e. The molecule has 1 aliphatic heterocycles. The van der Waals surface area contributed by atoms with Crippen LogP contribution < -0.4 is 5.73 Å². The SMILES string of the molecule is CC1CCC(C(N)=O)CN1S(=O)(=O)c1ccc(C(=O)O)o1. The Kier molecular flexibility index (Phi) is 4.06. The van der Waals surface area contributed by atoms with E-state index in [1.165, 1.54) is 0 Å². The molecule has 2 atom stereocenters. The molecule has 3 N–H and O–H groups in total. The number of sulfonamides is 1. The van der Waals surface area contributed by atoms with Crippen molar-refractivity contribution in [3.05, 3.63) is 17.9 Å². The number of nitrogens with zero attached hydrogens (tertiary/aromatic N) is 1. The van der Waals surface area contributed by atoms with Crippen LogP contribution in [-0.4, -0.2) is 42.3 Å². The fourth-order valence-electron chi connectivity index (χ4n) is 2.33. The molecule has 0 spiro atoms. The van der Waals surface area contributed by atoms with E-state index in [1.54, 1.807) is 6.92 Å². The van der Waals surface area contributed by atoms with Crippen molar-refractivity contribution in [2.75, 3.05) is 6.54 Å². The molecule has 21 heavy (non-hydrogen) atoms. The third-order valence-corrected chi connectivity index (χ3v) is 5.44. The van der Waals surface area contributed by atoms with E-state index in [0.29, 0.717) is 12.8 Å². The van der Waals surface area contributed by atoms with Crippen molar-refractivity contribution in [2.45, 2.75) is 30.9 Å². The van der Waals surface area contributed by atoms with E-state index in [4.69, 9.17) is 15.3 Å². The first-order valence-corrected chi connectivity index (χ1v) is 7.81. The number of carboxylic acids is 1. The number of carbonyl (C=O) groups is 2. The van der Waals surface area contributed by atoms with Crippen molar-refractivity contribution in [2.24, 2.45) is 11.7 Å². The Labute approximate surface area is 121 Å². The summed E-state index contributed by atoms with van der Waals surface area (Å²) in [5.41, 5.74) is 5.24. The van der Waals surface area contributed by atoms with Crippen molar-refractivity contribution >= 4 is 21.9 Å². The molecular weight excluding hydrogens is 300 g/mol. The summed E-state index contributed by atoms with van der Waals surface area (Å²) >= 11 is 0. The van der Waals surface area contributed by atoms with Gasteiger partial charge >= 0.3 is 5.97 Å². The van der Waals surface area contributed by atoms with E-state index in [0.717, 1.165) is 16.4 Å². The van der Waals surface area contributed by atoms with Crippen LogP contribution >= 0.6 is 0 Å². The van der Waals surface area contributed by atoms with Gasteiger partial charge in [-0.2, -0.15) is 4.31 Å². The molecule has 0 aliphatic carbocycles. The zero-order valence-corrected chi connectivity index (χ0v) is 12.2. The first-order chi connectivity index (χ1) is 9.73. The van der Waals surface area contributed by atoms with Crippen molar-refractivity contribution in [3.63, 3.8) is 0 Å². The number of hydrogen-bond acceptors (Lipinski definition) is 5. The lowest BCUT2D eigenvalue weighted by Gasteiger charge is -2.34. The molecule has 1 fully saturated rings. The summed E-state index contributed by atoms with van der Waals surface area (Å²) in [5, 5.41) is 8.33. The average molecular weight is 316 g/mol. The molecule has 2 rings (SSSR count). The smallest absolute Gasteiger partial charge is 0.371 e. The summed E-state index contributed by atoms with van der Waals surface area (Å²) in [6.45, 7) is 1.69. The van der Waals surface area contributed by atoms with Crippen molar-refractivity contribution in [1.82, 2.24) is 4.31 Å². The molecule has 0 radical (unpaired) electrons. The van der Waals surface area contributed by atoms with Crippen LogP contribution in [0, 0.1) is 5.92 Å². The third-order valence-electron chi connectivity index (χ3n) is 3.58. The fraction of sp³-hybridized carbons (Fsp3) is 0.500. The van der Waals surface area contributed by atoms with E-state index >= 15 is 0 Å². The highest BCUT2D eigenvalue weighted by Gasteiger charge is 2.38. The predicted molar refractivity (Wildman–Crippen MR) is 70.9 cm³/mol. The van der Waals surface area contributed by atoms with Gasteiger partial charge in [0.1, 0.15) is 0 Å². The van der Waals surface area contributed by atoms with Gasteiger partial charge in [0.25, 0.3) is 10.0 Å². The molecular formula is C12H16N2O6S. The van der Waals surface area contributed by atoms with Crippen LogP contribution in [0.1, 0.15) is 30.3 Å². The highest BCUT2D eigenvalue weighted by molar-refractivity contribution is 7.89. The number of primary amides is 1. The maximum absolute atomic E-state index is 12.5. The standard InChI is InChI=1S/C12H16N2O6S/c1-7-2-3-8(11(13)15)6-14(7)21(18,19)10-5-4-9(20-10)12(16)17/h4-5,7-8H,2-3,6H2,1H3,(H2,13,15)(H,16,17). The Hall–Kier alpha value is -1.87. The van der Waals surface area contributed by atoms with Crippen LogP contribution in [-0.2, 0) is 14.8 Å². The summed E-state index contributed by atoms with van der Waals surface area (Å²) in [7, 11) is -3.99. The molecule has 0 saturated carbocycles. The fourth-order valence-corrected chi connectivity index (χ4v) is 3.95. The number of carboxylic acid groups (broad SMARTS) is 1. The van der Waals surface area contributed by atoms with Gasteiger partial charge in [-0.3, -0.25) is 4.79 Å². The second-order valence-corrected chi connectivity index (χ2v) is 6.85. The Morgan fingerprint density at radius 2 is 2.05 bits per heavy atom. The lowest BCUT2D eigenvalue weighted by molar-refractivity contribution is -0.123. The van der Waals surface area contributed by atoms with Crippen LogP contribution in [0.4, 0.5) is 0 Å². The minimum absolute atomic E-state index is 0.0259. The number of furan rings is 1. The van der Waals surface area contributed by atoms with E-state index < -0.39 is 38.7 Å². The van der Waals surface area contributed by atoms with Crippen molar-refractivity contribution in [3.8, 4) is 0 Å². The Morgan fingerprint density at radius 1 is 1.38 bits per heavy atom. The Balaban J connectivity index is 2.32. The topological polar surface area (TPSA) is 131 Å². The highest BCUT2D eigenvalue weighted by Crippen LogP contribution is 2.28. The molecule has 1 saturated heterocycles. The lowest BCUT2D eigenvalue weighted by atomic mass is 9.95. The summed E-state index contributed by atoms with van der Waals surface area (Å²) in [6, 6.07) is 1.86. The monoisotopic (exact) mass is 316 g/mol. The van der Waals surface area contributed by atoms with Gasteiger partial charge in [-0.1, -0.05) is 0 Å². The number of nitrogens with two attached hydrogens (primary N) is 1. The van der Waals surface area contributed by atoms with Crippen molar-refractivity contribution < 1.29 is 27.5 Å². The van der Waals surface area contributed by atoms with Gasteiger partial charge in [-0.15, -0.1) is 0 Å². The molecule has 8 nitrogen and oxygen atoms in total. The Bertz CT molecular complexity index is 665. The number of carbonyl (C=O) groups excluding carboxylic acids is 1. The number of amides is 1. The zero-order valence-electron chi connectivity index (χ0n) is 11.4. The number of rotatable bonds is 4. The largest absolute Gasteiger partial charge is 0.475 e. The van der Waals surface area contributed by atoms with Gasteiger partial charge in [-0.05, 0) is 31.9 Å². The maximum atomic E-state index is 12.5. The van der Waals surface area contributed by atoms with Crippen LogP contribution in [0.25, 0.3) is 0 Å². The van der Waals surface area contributed by atoms with Crippen LogP contribution in [0.2, 0.25) is 0 Å². The van der Waals surface area contributed by atoms with Crippen LogP contribution in [0.5, 0.6) is 0 Å². The van der Waals surface area contributed by atoms with Crippen LogP contribution in [0.15, 0.2) is 21.6 Å². The first-order valence-electron chi connectivity index (χ1n) is 6.37. The zero-order chi connectivity index (χ0) is 15.8. The van der Waals surface area contributed by atoms with E-state index in [2.05, 4.69) is 0 Å². The van der Waals surface area contributed by atoms with E-state index in [-0.39, 0.29) is 12.6 Å². The molecule has 1 aromatic heterocycles. The third kappa shape index (κ3) is 2.93. The summed E-state index contributed by atoms with van der Waals surface area (Å²) in [4.78, 5) is 22.0. The van der Waals surface area contributed by atoms with E-state index in [9.17, 15) is 18.0 Å². The van der Waals surface area contributed by atoms with Crippen molar-refractivity contribution in [1.29, 1.82) is 0 Å². The predicted octanol–water partition coefficient (Wildman–Crippen LogP) is 0.252. The number of hydrogen-bond donors (Lipinski definition) is 2. The van der Waals surface area contributed by atoms with Crippen LogP contribution in [0.3, 0.4) is 0 Å². The second kappa shape index (κ2) is 5.49. The molecule has 9 heteroatoms. The molecule has 1 aromatic rings. The molecule has 1 amide bonds. The minimum atomic E-state index is -3.99. The molecule has 116 valence electrons. The lowest BCUT2D eigenvalue weighted by Crippen LogP contribution is -2.48. The summed E-state index contributed by atoms with van der Waals surface area (Å²) in [6.07, 6.45) is 1.03. The molecule has 0 bridgehead atoms. The Morgan fingerprint density at radius 3 is 2.57 bits per heavy atom. The van der Waals surface area contributed by atoms with Gasteiger partial charge in [0.2, 0.25) is 16.8 Å². The van der Waals surface area contributed by atoms with Gasteiger partial charge < -0.3 is 15.3 Å². The van der Waals surface area contributed by atoms with Gasteiger partial charge in [-0.25, -0.2) is 13.2 Å². The normalized spacial score (nSPS) is 23.9. The minimum Gasteiger partial charge on any atom is -0.475 e. The van der Waals surface area contributed by atoms with Gasteiger partial charge in [0.05, 0.1) is 5.92 Å². The van der Waals surface area contributed by atoms with Gasteiger partial charge in [0, 0.05) is 12.6 Å². The second-order valence-electron chi connectivity index (χ2n) is 5.02. The molecule has 2 heterocycles. The average Bonchev–Trinajstić information content (AvgIpc) is 2.89. The summed E-state index contributed by atoms with van der Waals surface area (Å²) < 4.78 is 31.0. The molecule has 1 aliphatic rings. The first kappa shape index (κ1) is 15.5. The molecule has 0 aromatic carbocycles. The van der Waals surface area contributed by atoms with Gasteiger partial charge in [0.15, 0.2) is 0 Å². The highest BCUT2D eigenvalue weighted by atomic mass is 32.2. The van der Waals surface area contributed by atoms with E-state index in [1.807, 2.05) is 0 Å². The number of piperidine rings is 1.